The van der Waals surface area contributed by atoms with E-state index in [4.69, 9.17) is 4.42 Å². The predicted molar refractivity (Wildman–Crippen MR) is 64.3 cm³/mol. The monoisotopic (exact) mass is 286 g/mol. The number of aryl methyl sites for hydroxylation is 2. The standard InChI is InChI=1S/C11H11BrO2S/c1-6-3-4-14-11(6)10(13)9-5-8(12)7(2)15-9/h3-5,10,13H,1-2H3. The van der Waals surface area contributed by atoms with Crippen molar-refractivity contribution in [2.24, 2.45) is 0 Å². The molecule has 0 saturated carbocycles. The van der Waals surface area contributed by atoms with E-state index in [1.807, 2.05) is 26.0 Å². The molecule has 1 N–H and O–H groups in total. The Morgan fingerprint density at radius 3 is 2.67 bits per heavy atom. The van der Waals surface area contributed by atoms with Crippen LogP contribution in [-0.4, -0.2) is 5.11 Å². The van der Waals surface area contributed by atoms with Crippen LogP contribution in [0.4, 0.5) is 0 Å². The van der Waals surface area contributed by atoms with Gasteiger partial charge in [-0.05, 0) is 47.5 Å². The molecule has 4 heteroatoms. The van der Waals surface area contributed by atoms with Gasteiger partial charge in [-0.15, -0.1) is 11.3 Å². The number of hydrogen-bond donors (Lipinski definition) is 1. The summed E-state index contributed by atoms with van der Waals surface area (Å²) in [4.78, 5) is 2.06. The topological polar surface area (TPSA) is 33.4 Å². The van der Waals surface area contributed by atoms with Crippen molar-refractivity contribution in [2.45, 2.75) is 20.0 Å². The van der Waals surface area contributed by atoms with Crippen molar-refractivity contribution >= 4 is 27.3 Å². The number of halogens is 1. The van der Waals surface area contributed by atoms with Crippen molar-refractivity contribution in [1.82, 2.24) is 0 Å². The van der Waals surface area contributed by atoms with Gasteiger partial charge in [0.05, 0.1) is 6.26 Å². The van der Waals surface area contributed by atoms with Crippen LogP contribution in [-0.2, 0) is 0 Å². The minimum absolute atomic E-state index is 0.628. The van der Waals surface area contributed by atoms with Gasteiger partial charge in [-0.1, -0.05) is 0 Å². The number of thiophene rings is 1. The molecule has 0 aromatic carbocycles. The Balaban J connectivity index is 2.36. The number of hydrogen-bond acceptors (Lipinski definition) is 3. The van der Waals surface area contributed by atoms with E-state index >= 15 is 0 Å². The van der Waals surface area contributed by atoms with Gasteiger partial charge in [0.15, 0.2) is 0 Å². The first-order valence-corrected chi connectivity index (χ1v) is 6.18. The van der Waals surface area contributed by atoms with Crippen LogP contribution >= 0.6 is 27.3 Å². The van der Waals surface area contributed by atoms with E-state index in [-0.39, 0.29) is 0 Å². The summed E-state index contributed by atoms with van der Waals surface area (Å²) >= 11 is 5.01. The van der Waals surface area contributed by atoms with Crippen LogP contribution < -0.4 is 0 Å². The third kappa shape index (κ3) is 2.02. The number of rotatable bonds is 2. The number of furan rings is 1. The van der Waals surface area contributed by atoms with E-state index in [9.17, 15) is 5.11 Å². The average molecular weight is 287 g/mol. The summed E-state index contributed by atoms with van der Waals surface area (Å²) in [5, 5.41) is 10.1. The van der Waals surface area contributed by atoms with E-state index in [1.54, 1.807) is 17.6 Å². The fraction of sp³-hybridized carbons (Fsp3) is 0.273. The Morgan fingerprint density at radius 1 is 1.47 bits per heavy atom. The molecule has 0 aliphatic rings. The van der Waals surface area contributed by atoms with Gasteiger partial charge in [0.2, 0.25) is 0 Å². The maximum absolute atomic E-state index is 10.1. The van der Waals surface area contributed by atoms with Crippen LogP contribution in [0.1, 0.15) is 27.2 Å². The summed E-state index contributed by atoms with van der Waals surface area (Å²) in [6, 6.07) is 3.79. The lowest BCUT2D eigenvalue weighted by atomic mass is 10.1. The van der Waals surface area contributed by atoms with E-state index in [0.29, 0.717) is 5.76 Å². The second-order valence-electron chi connectivity index (χ2n) is 3.42. The zero-order valence-corrected chi connectivity index (χ0v) is 10.9. The average Bonchev–Trinajstić information content (AvgIpc) is 2.74. The molecule has 0 radical (unpaired) electrons. The third-order valence-electron chi connectivity index (χ3n) is 2.30. The Morgan fingerprint density at radius 2 is 2.20 bits per heavy atom. The van der Waals surface area contributed by atoms with E-state index in [0.717, 1.165) is 19.8 Å². The molecule has 1 unspecified atom stereocenters. The lowest BCUT2D eigenvalue weighted by Gasteiger charge is -2.05. The molecule has 0 aliphatic carbocycles. The molecule has 2 aromatic heterocycles. The quantitative estimate of drug-likeness (QED) is 0.911. The van der Waals surface area contributed by atoms with Crippen molar-refractivity contribution in [3.05, 3.63) is 43.9 Å². The maximum Gasteiger partial charge on any atom is 0.146 e. The smallest absolute Gasteiger partial charge is 0.146 e. The highest BCUT2D eigenvalue weighted by molar-refractivity contribution is 9.10. The summed E-state index contributed by atoms with van der Waals surface area (Å²) in [7, 11) is 0. The first kappa shape index (κ1) is 10.9. The van der Waals surface area contributed by atoms with Crippen LogP contribution in [0.5, 0.6) is 0 Å². The molecule has 0 amide bonds. The molecule has 2 nitrogen and oxygen atoms in total. The predicted octanol–water partition coefficient (Wildman–Crippen LogP) is 3.80. The van der Waals surface area contributed by atoms with Gasteiger partial charge in [0.1, 0.15) is 11.9 Å². The van der Waals surface area contributed by atoms with Crippen LogP contribution in [0.2, 0.25) is 0 Å². The van der Waals surface area contributed by atoms with Crippen molar-refractivity contribution in [3.8, 4) is 0 Å². The van der Waals surface area contributed by atoms with Crippen LogP contribution in [0, 0.1) is 13.8 Å². The van der Waals surface area contributed by atoms with Crippen LogP contribution in [0.25, 0.3) is 0 Å². The lowest BCUT2D eigenvalue weighted by Crippen LogP contribution is -1.96. The summed E-state index contributed by atoms with van der Waals surface area (Å²) in [5.74, 6) is 0.628. The van der Waals surface area contributed by atoms with Crippen LogP contribution in [0.3, 0.4) is 0 Å². The first-order chi connectivity index (χ1) is 7.09. The minimum atomic E-state index is -0.657. The van der Waals surface area contributed by atoms with Gasteiger partial charge < -0.3 is 9.52 Å². The number of aliphatic hydroxyl groups is 1. The summed E-state index contributed by atoms with van der Waals surface area (Å²) in [6.07, 6.45) is 0.943. The Hall–Kier alpha value is -0.580. The van der Waals surface area contributed by atoms with Crippen molar-refractivity contribution < 1.29 is 9.52 Å². The van der Waals surface area contributed by atoms with Gasteiger partial charge >= 0.3 is 0 Å². The molecule has 2 aromatic rings. The highest BCUT2D eigenvalue weighted by Crippen LogP contribution is 2.34. The molecule has 0 aliphatic heterocycles. The van der Waals surface area contributed by atoms with Crippen LogP contribution in [0.15, 0.2) is 27.3 Å². The normalized spacial score (nSPS) is 13.1. The van der Waals surface area contributed by atoms with E-state index in [1.165, 1.54) is 0 Å². The zero-order valence-electron chi connectivity index (χ0n) is 8.45. The summed E-state index contributed by atoms with van der Waals surface area (Å²) in [5.41, 5.74) is 0.977. The first-order valence-electron chi connectivity index (χ1n) is 4.57. The third-order valence-corrected chi connectivity index (χ3v) is 4.48. The fourth-order valence-electron chi connectivity index (χ4n) is 1.41. The van der Waals surface area contributed by atoms with E-state index in [2.05, 4.69) is 15.9 Å². The van der Waals surface area contributed by atoms with Gasteiger partial charge in [0.25, 0.3) is 0 Å². The van der Waals surface area contributed by atoms with Crippen molar-refractivity contribution in [1.29, 1.82) is 0 Å². The molecular formula is C11H11BrO2S. The molecule has 1 atom stereocenters. The van der Waals surface area contributed by atoms with Gasteiger partial charge in [-0.2, -0.15) is 0 Å². The molecule has 2 heterocycles. The van der Waals surface area contributed by atoms with E-state index < -0.39 is 6.10 Å². The van der Waals surface area contributed by atoms with Gasteiger partial charge in [0, 0.05) is 14.2 Å². The second-order valence-corrected chi connectivity index (χ2v) is 5.57. The highest BCUT2D eigenvalue weighted by Gasteiger charge is 2.18. The zero-order chi connectivity index (χ0) is 11.0. The molecule has 0 fully saturated rings. The van der Waals surface area contributed by atoms with Crippen molar-refractivity contribution in [2.75, 3.05) is 0 Å². The van der Waals surface area contributed by atoms with Crippen molar-refractivity contribution in [3.63, 3.8) is 0 Å². The molecule has 0 spiro atoms. The molecule has 2 rings (SSSR count). The largest absolute Gasteiger partial charge is 0.466 e. The Kier molecular flexibility index (Phi) is 3.00. The van der Waals surface area contributed by atoms with Gasteiger partial charge in [-0.25, -0.2) is 0 Å². The lowest BCUT2D eigenvalue weighted by molar-refractivity contribution is 0.192. The second kappa shape index (κ2) is 4.12. The molecule has 80 valence electrons. The highest BCUT2D eigenvalue weighted by atomic mass is 79.9. The number of aliphatic hydroxyl groups excluding tert-OH is 1. The Labute approximate surface area is 101 Å². The molecule has 15 heavy (non-hydrogen) atoms. The SMILES string of the molecule is Cc1ccoc1C(O)c1cc(Br)c(C)s1. The fourth-order valence-corrected chi connectivity index (χ4v) is 2.96. The minimum Gasteiger partial charge on any atom is -0.466 e. The molecule has 0 bridgehead atoms. The summed E-state index contributed by atoms with van der Waals surface area (Å²) < 4.78 is 6.30. The maximum atomic E-state index is 10.1. The Bertz CT molecular complexity index is 453. The molecular weight excluding hydrogens is 276 g/mol. The molecule has 0 saturated heterocycles. The van der Waals surface area contributed by atoms with Gasteiger partial charge in [-0.3, -0.25) is 0 Å². The summed E-state index contributed by atoms with van der Waals surface area (Å²) in [6.45, 7) is 3.94.